The van der Waals surface area contributed by atoms with Crippen molar-refractivity contribution < 1.29 is 9.84 Å². The van der Waals surface area contributed by atoms with E-state index in [1.165, 1.54) is 0 Å². The summed E-state index contributed by atoms with van der Waals surface area (Å²) in [6, 6.07) is 1.85. The number of aromatic hydroxyl groups is 1. The van der Waals surface area contributed by atoms with Crippen LogP contribution >= 0.6 is 0 Å². The first kappa shape index (κ1) is 11.1. The van der Waals surface area contributed by atoms with Gasteiger partial charge in [0, 0.05) is 23.1 Å². The van der Waals surface area contributed by atoms with Gasteiger partial charge in [-0.2, -0.15) is 0 Å². The number of rotatable bonds is 3. The lowest BCUT2D eigenvalue weighted by molar-refractivity contribution is 0.353. The maximum atomic E-state index is 10.1. The summed E-state index contributed by atoms with van der Waals surface area (Å²) in [6.45, 7) is 8.67. The summed E-state index contributed by atoms with van der Waals surface area (Å²) >= 11 is 0. The van der Waals surface area contributed by atoms with Gasteiger partial charge in [0.05, 0.1) is 6.61 Å². The van der Waals surface area contributed by atoms with Gasteiger partial charge in [-0.25, -0.2) is 0 Å². The van der Waals surface area contributed by atoms with Crippen LogP contribution in [0.3, 0.4) is 0 Å². The molecule has 1 aliphatic rings. The highest BCUT2D eigenvalue weighted by molar-refractivity contribution is 5.56. The van der Waals surface area contributed by atoms with Crippen LogP contribution in [-0.2, 0) is 12.8 Å². The number of allylic oxidation sites excluding steroid dienone is 1. The van der Waals surface area contributed by atoms with E-state index in [1.807, 2.05) is 12.1 Å². The van der Waals surface area contributed by atoms with Crippen molar-refractivity contribution >= 4 is 0 Å². The zero-order valence-electron chi connectivity index (χ0n) is 9.92. The Kier molecular flexibility index (Phi) is 2.90. The molecule has 2 heteroatoms. The molecule has 0 unspecified atom stereocenters. The van der Waals surface area contributed by atoms with Crippen molar-refractivity contribution in [2.24, 2.45) is 0 Å². The molecule has 16 heavy (non-hydrogen) atoms. The van der Waals surface area contributed by atoms with E-state index in [-0.39, 0.29) is 0 Å². The van der Waals surface area contributed by atoms with Crippen molar-refractivity contribution in [3.8, 4) is 11.5 Å². The Hall–Kier alpha value is -1.44. The lowest BCUT2D eigenvalue weighted by Gasteiger charge is -2.17. The van der Waals surface area contributed by atoms with Crippen LogP contribution in [0.2, 0.25) is 0 Å². The van der Waals surface area contributed by atoms with Crippen LogP contribution in [0.1, 0.15) is 36.5 Å². The van der Waals surface area contributed by atoms with E-state index in [9.17, 15) is 5.11 Å². The summed E-state index contributed by atoms with van der Waals surface area (Å²) in [5.41, 5.74) is 3.23. The Labute approximate surface area is 96.6 Å². The average molecular weight is 218 g/mol. The van der Waals surface area contributed by atoms with E-state index in [4.69, 9.17) is 4.74 Å². The molecule has 0 bridgehead atoms. The number of ether oxygens (including phenoxy) is 1. The quantitative estimate of drug-likeness (QED) is 0.789. The minimum atomic E-state index is 0.296. The van der Waals surface area contributed by atoms with E-state index >= 15 is 0 Å². The van der Waals surface area contributed by atoms with Crippen molar-refractivity contribution in [2.45, 2.75) is 32.6 Å². The zero-order chi connectivity index (χ0) is 11.7. The van der Waals surface area contributed by atoms with Gasteiger partial charge in [0.1, 0.15) is 11.5 Å². The van der Waals surface area contributed by atoms with Crippen molar-refractivity contribution in [3.05, 3.63) is 35.4 Å². The summed E-state index contributed by atoms with van der Waals surface area (Å²) in [7, 11) is 0. The molecule has 2 nitrogen and oxygen atoms in total. The van der Waals surface area contributed by atoms with Gasteiger partial charge in [-0.15, -0.1) is 6.58 Å². The van der Waals surface area contributed by atoms with Gasteiger partial charge in [0.15, 0.2) is 0 Å². The predicted molar refractivity (Wildman–Crippen MR) is 65.3 cm³/mol. The van der Waals surface area contributed by atoms with Crippen LogP contribution in [0.15, 0.2) is 18.7 Å². The molecule has 2 rings (SSSR count). The lowest BCUT2D eigenvalue weighted by Crippen LogP contribution is -2.00. The third-order valence-corrected chi connectivity index (χ3v) is 3.02. The minimum Gasteiger partial charge on any atom is -0.508 e. The molecular weight excluding hydrogens is 200 g/mol. The molecule has 0 spiro atoms. The highest BCUT2D eigenvalue weighted by Gasteiger charge is 2.23. The van der Waals surface area contributed by atoms with E-state index < -0.39 is 0 Å². The van der Waals surface area contributed by atoms with Crippen molar-refractivity contribution in [2.75, 3.05) is 6.61 Å². The second-order valence-corrected chi connectivity index (χ2v) is 4.52. The van der Waals surface area contributed by atoms with Gasteiger partial charge in [0.25, 0.3) is 0 Å². The van der Waals surface area contributed by atoms with E-state index in [0.29, 0.717) is 11.7 Å². The molecule has 1 aromatic rings. The summed E-state index contributed by atoms with van der Waals surface area (Å²) in [4.78, 5) is 0. The fourth-order valence-corrected chi connectivity index (χ4v) is 2.40. The van der Waals surface area contributed by atoms with E-state index in [0.717, 1.165) is 41.9 Å². The first-order valence-corrected chi connectivity index (χ1v) is 5.76. The van der Waals surface area contributed by atoms with Gasteiger partial charge < -0.3 is 9.84 Å². The summed E-state index contributed by atoms with van der Waals surface area (Å²) in [5.74, 6) is 1.67. The fraction of sp³-hybridized carbons (Fsp3) is 0.429. The van der Waals surface area contributed by atoms with Crippen LogP contribution in [0.4, 0.5) is 0 Å². The number of hydrogen-bond donors (Lipinski definition) is 1. The largest absolute Gasteiger partial charge is 0.508 e. The SMILES string of the molecule is C=CCc1c2c(cc(O)c1C(C)C)CCO2. The van der Waals surface area contributed by atoms with E-state index in [1.54, 1.807) is 0 Å². The number of hydrogen-bond acceptors (Lipinski definition) is 2. The number of benzene rings is 1. The first-order chi connectivity index (χ1) is 7.65. The van der Waals surface area contributed by atoms with Crippen LogP contribution < -0.4 is 4.74 Å². The van der Waals surface area contributed by atoms with E-state index in [2.05, 4.69) is 20.4 Å². The molecule has 1 aromatic carbocycles. The molecule has 1 heterocycles. The third-order valence-electron chi connectivity index (χ3n) is 3.02. The molecule has 86 valence electrons. The Morgan fingerprint density at radius 3 is 2.94 bits per heavy atom. The van der Waals surface area contributed by atoms with Crippen molar-refractivity contribution in [1.82, 2.24) is 0 Å². The van der Waals surface area contributed by atoms with Gasteiger partial charge in [-0.1, -0.05) is 19.9 Å². The van der Waals surface area contributed by atoms with Crippen LogP contribution in [0, 0.1) is 0 Å². The Morgan fingerprint density at radius 1 is 1.56 bits per heavy atom. The van der Waals surface area contributed by atoms with Gasteiger partial charge in [-0.3, -0.25) is 0 Å². The van der Waals surface area contributed by atoms with Gasteiger partial charge in [0.2, 0.25) is 0 Å². The predicted octanol–water partition coefficient (Wildman–Crippen LogP) is 3.18. The monoisotopic (exact) mass is 218 g/mol. The Bertz CT molecular complexity index is 419. The second kappa shape index (κ2) is 4.20. The average Bonchev–Trinajstić information content (AvgIpc) is 2.64. The maximum absolute atomic E-state index is 10.1. The summed E-state index contributed by atoms with van der Waals surface area (Å²) in [6.07, 6.45) is 3.51. The molecule has 0 atom stereocenters. The van der Waals surface area contributed by atoms with Gasteiger partial charge in [-0.05, 0) is 18.4 Å². The first-order valence-electron chi connectivity index (χ1n) is 5.76. The molecule has 1 aliphatic heterocycles. The van der Waals surface area contributed by atoms with Crippen LogP contribution in [0.25, 0.3) is 0 Å². The Morgan fingerprint density at radius 2 is 2.31 bits per heavy atom. The van der Waals surface area contributed by atoms with Crippen molar-refractivity contribution in [1.29, 1.82) is 0 Å². The smallest absolute Gasteiger partial charge is 0.126 e. The number of fused-ring (bicyclic) bond motifs is 1. The second-order valence-electron chi connectivity index (χ2n) is 4.52. The summed E-state index contributed by atoms with van der Waals surface area (Å²) < 4.78 is 5.67. The molecular formula is C14H18O2. The van der Waals surface area contributed by atoms with Gasteiger partial charge >= 0.3 is 0 Å². The normalized spacial score (nSPS) is 13.7. The number of phenols is 1. The minimum absolute atomic E-state index is 0.296. The molecule has 0 fully saturated rings. The molecule has 0 radical (unpaired) electrons. The fourth-order valence-electron chi connectivity index (χ4n) is 2.40. The third kappa shape index (κ3) is 1.69. The molecule has 0 amide bonds. The molecule has 0 aromatic heterocycles. The topological polar surface area (TPSA) is 29.5 Å². The maximum Gasteiger partial charge on any atom is 0.126 e. The highest BCUT2D eigenvalue weighted by atomic mass is 16.5. The molecule has 0 aliphatic carbocycles. The van der Waals surface area contributed by atoms with Crippen LogP contribution in [0.5, 0.6) is 11.5 Å². The Balaban J connectivity index is 2.63. The highest BCUT2D eigenvalue weighted by Crippen LogP contribution is 2.41. The lowest BCUT2D eigenvalue weighted by atomic mass is 9.91. The molecule has 0 saturated heterocycles. The summed E-state index contributed by atoms with van der Waals surface area (Å²) in [5, 5.41) is 10.1. The van der Waals surface area contributed by atoms with Crippen molar-refractivity contribution in [3.63, 3.8) is 0 Å². The molecule has 1 N–H and O–H groups in total. The molecule has 0 saturated carbocycles. The zero-order valence-corrected chi connectivity index (χ0v) is 9.92. The standard InChI is InChI=1S/C14H18O2/c1-4-5-11-13(9(2)3)12(15)8-10-6-7-16-14(10)11/h4,8-9,15H,1,5-7H2,2-3H3. The van der Waals surface area contributed by atoms with Crippen LogP contribution in [-0.4, -0.2) is 11.7 Å². The number of phenolic OH excluding ortho intramolecular Hbond substituents is 1.